The second kappa shape index (κ2) is 4.59. The van der Waals surface area contributed by atoms with Gasteiger partial charge in [-0.2, -0.15) is 0 Å². The van der Waals surface area contributed by atoms with Crippen molar-refractivity contribution >= 4 is 10.8 Å². The van der Waals surface area contributed by atoms with Crippen molar-refractivity contribution in [2.24, 2.45) is 0 Å². The van der Waals surface area contributed by atoms with Crippen molar-refractivity contribution in [3.05, 3.63) is 66.5 Å². The predicted molar refractivity (Wildman–Crippen MR) is 73.8 cm³/mol. The minimum Gasteiger partial charge on any atom is -0.354 e. The number of nitrogens with zero attached hydrogens (tertiary/aromatic N) is 1. The van der Waals surface area contributed by atoms with E-state index < -0.39 is 0 Å². The van der Waals surface area contributed by atoms with E-state index >= 15 is 0 Å². The Labute approximate surface area is 106 Å². The first-order chi connectivity index (χ1) is 8.90. The third-order valence-corrected chi connectivity index (χ3v) is 3.26. The molecule has 0 unspecified atom stereocenters. The lowest BCUT2D eigenvalue weighted by Gasteiger charge is -2.09. The van der Waals surface area contributed by atoms with Crippen LogP contribution in [0.5, 0.6) is 0 Å². The molecule has 0 atom stereocenters. The Morgan fingerprint density at radius 1 is 0.889 bits per heavy atom. The van der Waals surface area contributed by atoms with Gasteiger partial charge in [0.15, 0.2) is 0 Å². The first-order valence-corrected chi connectivity index (χ1v) is 6.10. The monoisotopic (exact) mass is 235 g/mol. The van der Waals surface area contributed by atoms with Gasteiger partial charge in [-0.15, -0.1) is 0 Å². The van der Waals surface area contributed by atoms with Gasteiger partial charge in [0.1, 0.15) is 6.54 Å². The van der Waals surface area contributed by atoms with Gasteiger partial charge in [-0.25, -0.2) is 0 Å². The van der Waals surface area contributed by atoms with Crippen molar-refractivity contribution in [1.29, 1.82) is 0 Å². The molecular weight excluding hydrogens is 220 g/mol. The molecule has 2 aromatic carbocycles. The maximum Gasteiger partial charge on any atom is 0.100 e. The second-order valence-corrected chi connectivity index (χ2v) is 4.31. The van der Waals surface area contributed by atoms with Gasteiger partial charge < -0.3 is 5.73 Å². The third-order valence-electron chi connectivity index (χ3n) is 3.26. The van der Waals surface area contributed by atoms with Crippen molar-refractivity contribution in [2.75, 3.05) is 0 Å². The molecule has 0 saturated carbocycles. The van der Waals surface area contributed by atoms with E-state index in [1.807, 2.05) is 18.5 Å². The van der Waals surface area contributed by atoms with Gasteiger partial charge in [-0.1, -0.05) is 42.5 Å². The van der Waals surface area contributed by atoms with Crippen LogP contribution in [-0.4, -0.2) is 4.98 Å². The molecule has 0 aliphatic heterocycles. The van der Waals surface area contributed by atoms with E-state index in [1.54, 1.807) is 0 Å². The highest BCUT2D eigenvalue weighted by molar-refractivity contribution is 5.97. The first kappa shape index (κ1) is 10.9. The summed E-state index contributed by atoms with van der Waals surface area (Å²) in [5.74, 6) is 0. The van der Waals surface area contributed by atoms with Crippen molar-refractivity contribution in [1.82, 2.24) is 4.98 Å². The molecule has 2 nitrogen and oxygen atoms in total. The molecule has 0 aliphatic carbocycles. The summed E-state index contributed by atoms with van der Waals surface area (Å²) < 4.78 is 0. The molecule has 88 valence electrons. The van der Waals surface area contributed by atoms with Crippen molar-refractivity contribution in [2.45, 2.75) is 6.54 Å². The predicted octanol–water partition coefficient (Wildman–Crippen LogP) is 2.64. The minimum absolute atomic E-state index is 0.789. The minimum atomic E-state index is 0.789. The van der Waals surface area contributed by atoms with Crippen molar-refractivity contribution in [3.63, 3.8) is 0 Å². The quantitative estimate of drug-likeness (QED) is 0.728. The van der Waals surface area contributed by atoms with Gasteiger partial charge in [-0.3, -0.25) is 4.98 Å². The fraction of sp³-hybridized carbons (Fsp3) is 0.0625. The lowest BCUT2D eigenvalue weighted by molar-refractivity contribution is -0.386. The molecule has 3 rings (SSSR count). The van der Waals surface area contributed by atoms with Crippen LogP contribution in [0.3, 0.4) is 0 Å². The van der Waals surface area contributed by atoms with Gasteiger partial charge >= 0.3 is 0 Å². The maximum atomic E-state index is 4.23. The average molecular weight is 235 g/mol. The fourth-order valence-corrected chi connectivity index (χ4v) is 2.34. The average Bonchev–Trinajstić information content (AvgIpc) is 2.47. The normalized spacial score (nSPS) is 10.7. The Bertz CT molecular complexity index is 675. The van der Waals surface area contributed by atoms with Crippen LogP contribution in [0, 0.1) is 0 Å². The van der Waals surface area contributed by atoms with Gasteiger partial charge in [0, 0.05) is 23.3 Å². The zero-order valence-electron chi connectivity index (χ0n) is 10.1. The smallest absolute Gasteiger partial charge is 0.100 e. The number of hydrogen-bond donors (Lipinski definition) is 1. The van der Waals surface area contributed by atoms with E-state index in [9.17, 15) is 0 Å². The lowest BCUT2D eigenvalue weighted by atomic mass is 9.96. The van der Waals surface area contributed by atoms with Gasteiger partial charge in [0.25, 0.3) is 0 Å². The molecule has 0 saturated heterocycles. The second-order valence-electron chi connectivity index (χ2n) is 4.31. The van der Waals surface area contributed by atoms with E-state index in [-0.39, 0.29) is 0 Å². The summed E-state index contributed by atoms with van der Waals surface area (Å²) in [6, 6.07) is 16.9. The number of aromatic nitrogens is 1. The van der Waals surface area contributed by atoms with E-state index in [2.05, 4.69) is 53.2 Å². The van der Waals surface area contributed by atoms with Crippen LogP contribution in [0.4, 0.5) is 0 Å². The molecule has 18 heavy (non-hydrogen) atoms. The topological polar surface area (TPSA) is 40.5 Å². The molecule has 0 fully saturated rings. The molecule has 0 aliphatic rings. The fourth-order valence-electron chi connectivity index (χ4n) is 2.34. The van der Waals surface area contributed by atoms with Crippen LogP contribution in [-0.2, 0) is 6.54 Å². The van der Waals surface area contributed by atoms with Crippen molar-refractivity contribution in [3.8, 4) is 11.1 Å². The Kier molecular flexibility index (Phi) is 2.79. The Morgan fingerprint density at radius 2 is 1.72 bits per heavy atom. The summed E-state index contributed by atoms with van der Waals surface area (Å²) in [7, 11) is 0. The number of benzene rings is 2. The highest BCUT2D eigenvalue weighted by Crippen LogP contribution is 2.29. The van der Waals surface area contributed by atoms with E-state index in [0.717, 1.165) is 6.54 Å². The largest absolute Gasteiger partial charge is 0.354 e. The van der Waals surface area contributed by atoms with Crippen molar-refractivity contribution < 1.29 is 5.73 Å². The number of rotatable bonds is 2. The first-order valence-electron chi connectivity index (χ1n) is 6.10. The molecule has 3 aromatic rings. The Morgan fingerprint density at radius 3 is 2.50 bits per heavy atom. The van der Waals surface area contributed by atoms with Crippen LogP contribution in [0.25, 0.3) is 21.9 Å². The van der Waals surface area contributed by atoms with Crippen LogP contribution in [0.2, 0.25) is 0 Å². The molecule has 0 bridgehead atoms. The van der Waals surface area contributed by atoms with Crippen LogP contribution in [0.1, 0.15) is 5.56 Å². The standard InChI is InChI=1S/C16H14N2/c17-10-13-6-7-14(12-4-2-1-3-5-12)15-8-9-18-11-16(13)15/h1-9,11H,10,17H2/p+1. The molecule has 1 aromatic heterocycles. The number of quaternary nitrogens is 1. The van der Waals surface area contributed by atoms with Gasteiger partial charge in [-0.05, 0) is 22.6 Å². The maximum absolute atomic E-state index is 4.23. The third kappa shape index (κ3) is 1.77. The summed E-state index contributed by atoms with van der Waals surface area (Å²) in [6.07, 6.45) is 3.78. The van der Waals surface area contributed by atoms with E-state index in [0.29, 0.717) is 0 Å². The number of pyridine rings is 1. The molecular formula is C16H15N2+. The molecule has 2 heteroatoms. The van der Waals surface area contributed by atoms with Gasteiger partial charge in [0.05, 0.1) is 0 Å². The summed E-state index contributed by atoms with van der Waals surface area (Å²) >= 11 is 0. The molecule has 0 radical (unpaired) electrons. The van der Waals surface area contributed by atoms with Crippen LogP contribution >= 0.6 is 0 Å². The summed E-state index contributed by atoms with van der Waals surface area (Å²) in [5, 5.41) is 2.45. The van der Waals surface area contributed by atoms with E-state index in [1.165, 1.54) is 27.5 Å². The number of hydrogen-bond acceptors (Lipinski definition) is 1. The Balaban J connectivity index is 2.32. The zero-order chi connectivity index (χ0) is 12.4. The Hall–Kier alpha value is -2.19. The molecule has 3 N–H and O–H groups in total. The molecule has 1 heterocycles. The molecule has 0 amide bonds. The van der Waals surface area contributed by atoms with Gasteiger partial charge in [0.2, 0.25) is 0 Å². The summed E-state index contributed by atoms with van der Waals surface area (Å²) in [4.78, 5) is 4.23. The molecule has 0 spiro atoms. The SMILES string of the molecule is [NH3+]Cc1ccc(-c2ccccc2)c2ccncc12. The summed E-state index contributed by atoms with van der Waals surface area (Å²) in [5.41, 5.74) is 7.72. The van der Waals surface area contributed by atoms with Crippen LogP contribution in [0.15, 0.2) is 60.9 Å². The highest BCUT2D eigenvalue weighted by Gasteiger charge is 2.07. The lowest BCUT2D eigenvalue weighted by Crippen LogP contribution is -2.47. The highest BCUT2D eigenvalue weighted by atomic mass is 14.6. The number of fused-ring (bicyclic) bond motifs is 1. The van der Waals surface area contributed by atoms with E-state index in [4.69, 9.17) is 0 Å². The zero-order valence-corrected chi connectivity index (χ0v) is 10.1. The summed E-state index contributed by atoms with van der Waals surface area (Å²) in [6.45, 7) is 0.789. The van der Waals surface area contributed by atoms with Crippen LogP contribution < -0.4 is 5.73 Å².